The van der Waals surface area contributed by atoms with Gasteiger partial charge in [0, 0.05) is 18.1 Å². The molecule has 1 rings (SSSR count). The Morgan fingerprint density at radius 1 is 1.35 bits per heavy atom. The van der Waals surface area contributed by atoms with Crippen molar-refractivity contribution in [2.75, 3.05) is 5.88 Å². The first-order chi connectivity index (χ1) is 8.06. The third kappa shape index (κ3) is 4.71. The van der Waals surface area contributed by atoms with E-state index in [2.05, 4.69) is 49.7 Å². The van der Waals surface area contributed by atoms with Gasteiger partial charge in [-0.2, -0.15) is 5.10 Å². The first-order valence-corrected chi connectivity index (χ1v) is 7.20. The number of alkyl halides is 1. The Kier molecular flexibility index (Phi) is 6.04. The molecule has 3 heteroatoms. The van der Waals surface area contributed by atoms with E-state index in [-0.39, 0.29) is 0 Å². The van der Waals surface area contributed by atoms with Crippen molar-refractivity contribution in [3.8, 4) is 0 Å². The maximum absolute atomic E-state index is 6.02. The van der Waals surface area contributed by atoms with E-state index in [1.165, 1.54) is 12.1 Å². The van der Waals surface area contributed by atoms with Crippen molar-refractivity contribution in [2.24, 2.45) is 11.8 Å². The van der Waals surface area contributed by atoms with Crippen LogP contribution in [0.2, 0.25) is 0 Å². The van der Waals surface area contributed by atoms with Crippen molar-refractivity contribution in [3.05, 3.63) is 18.0 Å². The average molecular weight is 257 g/mol. The summed E-state index contributed by atoms with van der Waals surface area (Å²) < 4.78 is 2.07. The molecule has 1 aromatic rings. The van der Waals surface area contributed by atoms with Crippen LogP contribution < -0.4 is 0 Å². The molecule has 0 bridgehead atoms. The molecule has 1 heterocycles. The van der Waals surface area contributed by atoms with Gasteiger partial charge in [0.2, 0.25) is 0 Å². The Bertz CT molecular complexity index is 320. The van der Waals surface area contributed by atoms with Crippen LogP contribution in [-0.4, -0.2) is 15.7 Å². The molecule has 0 aliphatic carbocycles. The number of hydrogen-bond donors (Lipinski definition) is 0. The predicted molar refractivity (Wildman–Crippen MR) is 74.6 cm³/mol. The molecule has 0 aliphatic heterocycles. The molecule has 2 nitrogen and oxygen atoms in total. The zero-order valence-corrected chi connectivity index (χ0v) is 12.2. The second kappa shape index (κ2) is 7.05. The molecule has 2 unspecified atom stereocenters. The van der Waals surface area contributed by atoms with Gasteiger partial charge >= 0.3 is 0 Å². The number of nitrogens with zero attached hydrogens (tertiary/aromatic N) is 2. The van der Waals surface area contributed by atoms with Gasteiger partial charge in [-0.05, 0) is 44.1 Å². The van der Waals surface area contributed by atoms with Gasteiger partial charge in [-0.1, -0.05) is 20.8 Å². The topological polar surface area (TPSA) is 17.8 Å². The van der Waals surface area contributed by atoms with Crippen molar-refractivity contribution in [1.82, 2.24) is 9.78 Å². The molecule has 0 saturated carbocycles. The first kappa shape index (κ1) is 14.6. The number of rotatable bonds is 7. The van der Waals surface area contributed by atoms with Crippen LogP contribution in [0.1, 0.15) is 52.3 Å². The summed E-state index contributed by atoms with van der Waals surface area (Å²) >= 11 is 6.02. The van der Waals surface area contributed by atoms with Crippen LogP contribution in [0.3, 0.4) is 0 Å². The lowest BCUT2D eigenvalue weighted by atomic mass is 9.95. The van der Waals surface area contributed by atoms with E-state index >= 15 is 0 Å². The second-order valence-corrected chi connectivity index (χ2v) is 5.71. The summed E-state index contributed by atoms with van der Waals surface area (Å²) in [5.74, 6) is 1.99. The van der Waals surface area contributed by atoms with E-state index in [1.807, 2.05) is 0 Å². The molecule has 0 aromatic carbocycles. The van der Waals surface area contributed by atoms with E-state index in [9.17, 15) is 0 Å². The molecule has 0 radical (unpaired) electrons. The van der Waals surface area contributed by atoms with Crippen molar-refractivity contribution in [1.29, 1.82) is 0 Å². The SMILES string of the molecule is CCC(C)n1ccc(CC(CCl)CC(C)C)n1. The highest BCUT2D eigenvalue weighted by molar-refractivity contribution is 6.18. The smallest absolute Gasteiger partial charge is 0.0627 e. The minimum atomic E-state index is 0.489. The standard InChI is InChI=1S/C14H25ClN2/c1-5-12(4)17-7-6-14(16-17)9-13(10-15)8-11(2)3/h6-7,11-13H,5,8-10H2,1-4H3. The highest BCUT2D eigenvalue weighted by Crippen LogP contribution is 2.18. The fourth-order valence-electron chi connectivity index (χ4n) is 2.08. The number of halogens is 1. The Balaban J connectivity index is 2.58. The highest BCUT2D eigenvalue weighted by atomic mass is 35.5. The Labute approximate surface area is 110 Å². The van der Waals surface area contributed by atoms with Crippen molar-refractivity contribution in [3.63, 3.8) is 0 Å². The Hall–Kier alpha value is -0.500. The van der Waals surface area contributed by atoms with Gasteiger partial charge in [-0.15, -0.1) is 11.6 Å². The molecule has 0 spiro atoms. The van der Waals surface area contributed by atoms with E-state index in [0.717, 1.165) is 18.7 Å². The van der Waals surface area contributed by atoms with Gasteiger partial charge < -0.3 is 0 Å². The van der Waals surface area contributed by atoms with Crippen molar-refractivity contribution < 1.29 is 0 Å². The monoisotopic (exact) mass is 256 g/mol. The van der Waals surface area contributed by atoms with E-state index in [0.29, 0.717) is 17.9 Å². The molecule has 98 valence electrons. The lowest BCUT2D eigenvalue weighted by Gasteiger charge is -2.15. The normalized spacial score (nSPS) is 15.2. The Morgan fingerprint density at radius 3 is 2.59 bits per heavy atom. The summed E-state index contributed by atoms with van der Waals surface area (Å²) in [6.45, 7) is 8.88. The quantitative estimate of drug-likeness (QED) is 0.665. The van der Waals surface area contributed by atoms with Gasteiger partial charge in [0.1, 0.15) is 0 Å². The van der Waals surface area contributed by atoms with Crippen LogP contribution in [0.4, 0.5) is 0 Å². The zero-order valence-electron chi connectivity index (χ0n) is 11.5. The molecule has 0 amide bonds. The van der Waals surface area contributed by atoms with Crippen LogP contribution in [-0.2, 0) is 6.42 Å². The largest absolute Gasteiger partial charge is 0.270 e. The maximum atomic E-state index is 6.02. The van der Waals surface area contributed by atoms with Crippen LogP contribution in [0.5, 0.6) is 0 Å². The zero-order chi connectivity index (χ0) is 12.8. The summed E-state index contributed by atoms with van der Waals surface area (Å²) in [6, 6.07) is 2.62. The summed E-state index contributed by atoms with van der Waals surface area (Å²) in [7, 11) is 0. The lowest BCUT2D eigenvalue weighted by molar-refractivity contribution is 0.428. The van der Waals surface area contributed by atoms with Crippen LogP contribution in [0, 0.1) is 11.8 Å². The van der Waals surface area contributed by atoms with Crippen LogP contribution in [0.25, 0.3) is 0 Å². The second-order valence-electron chi connectivity index (χ2n) is 5.40. The molecule has 1 aromatic heterocycles. The summed E-state index contributed by atoms with van der Waals surface area (Å²) in [6.07, 6.45) is 5.39. The van der Waals surface area contributed by atoms with Crippen molar-refractivity contribution in [2.45, 2.75) is 53.0 Å². The first-order valence-electron chi connectivity index (χ1n) is 6.66. The van der Waals surface area contributed by atoms with Gasteiger partial charge in [-0.25, -0.2) is 0 Å². The number of aromatic nitrogens is 2. The third-order valence-corrected chi connectivity index (χ3v) is 3.66. The molecular weight excluding hydrogens is 232 g/mol. The van der Waals surface area contributed by atoms with Gasteiger partial charge in [0.25, 0.3) is 0 Å². The lowest BCUT2D eigenvalue weighted by Crippen LogP contribution is -2.11. The van der Waals surface area contributed by atoms with E-state index < -0.39 is 0 Å². The summed E-state index contributed by atoms with van der Waals surface area (Å²) in [5, 5.41) is 4.63. The average Bonchev–Trinajstić information content (AvgIpc) is 2.75. The van der Waals surface area contributed by atoms with Gasteiger partial charge in [0.05, 0.1) is 5.69 Å². The highest BCUT2D eigenvalue weighted by Gasteiger charge is 2.13. The summed E-state index contributed by atoms with van der Waals surface area (Å²) in [4.78, 5) is 0. The fourth-order valence-corrected chi connectivity index (χ4v) is 2.32. The van der Waals surface area contributed by atoms with E-state index in [1.54, 1.807) is 0 Å². The van der Waals surface area contributed by atoms with Gasteiger partial charge in [0.15, 0.2) is 0 Å². The minimum absolute atomic E-state index is 0.489. The molecule has 0 saturated heterocycles. The fraction of sp³-hybridized carbons (Fsp3) is 0.786. The molecule has 2 atom stereocenters. The minimum Gasteiger partial charge on any atom is -0.270 e. The molecule has 17 heavy (non-hydrogen) atoms. The van der Waals surface area contributed by atoms with Crippen molar-refractivity contribution >= 4 is 11.6 Å². The summed E-state index contributed by atoms with van der Waals surface area (Å²) in [5.41, 5.74) is 1.18. The number of hydrogen-bond acceptors (Lipinski definition) is 1. The Morgan fingerprint density at radius 2 is 2.06 bits per heavy atom. The van der Waals surface area contributed by atoms with E-state index in [4.69, 9.17) is 11.6 Å². The molecule has 0 fully saturated rings. The maximum Gasteiger partial charge on any atom is 0.0627 e. The van der Waals surface area contributed by atoms with Crippen LogP contribution >= 0.6 is 11.6 Å². The molecule has 0 N–H and O–H groups in total. The predicted octanol–water partition coefficient (Wildman–Crippen LogP) is 4.30. The van der Waals surface area contributed by atoms with Gasteiger partial charge in [-0.3, -0.25) is 4.68 Å². The molecular formula is C14H25ClN2. The third-order valence-electron chi connectivity index (χ3n) is 3.23. The molecule has 0 aliphatic rings. The van der Waals surface area contributed by atoms with Crippen LogP contribution in [0.15, 0.2) is 12.3 Å².